The molecule has 0 N–H and O–H groups in total. The fourth-order valence-corrected chi connectivity index (χ4v) is 6.02. The van der Waals surface area contributed by atoms with E-state index >= 15 is 0 Å². The Kier molecular flexibility index (Phi) is 6.37. The minimum absolute atomic E-state index is 0.284. The summed E-state index contributed by atoms with van der Waals surface area (Å²) in [5, 5.41) is 24.9. The summed E-state index contributed by atoms with van der Waals surface area (Å²) in [5.74, 6) is 0.174. The minimum atomic E-state index is -0.444. The van der Waals surface area contributed by atoms with Gasteiger partial charge < -0.3 is 9.47 Å². The molecule has 2 aliphatic heterocycles. The molecule has 2 fully saturated rings. The summed E-state index contributed by atoms with van der Waals surface area (Å²) >= 11 is 0. The SMILES string of the molecule is Cc1c(-c2cc(OC(C)c3cncc4cc(F)ccc34)c3c(C#N)cnn3c2)nnn1C1CCN(C2COC2)CC1. The van der Waals surface area contributed by atoms with Crippen molar-refractivity contribution < 1.29 is 13.9 Å². The Morgan fingerprint density at radius 2 is 1.95 bits per heavy atom. The molecule has 11 heteroatoms. The highest BCUT2D eigenvalue weighted by atomic mass is 19.1. The summed E-state index contributed by atoms with van der Waals surface area (Å²) in [6.07, 6.45) is 8.33. The van der Waals surface area contributed by atoms with Crippen LogP contribution in [0.25, 0.3) is 27.5 Å². The predicted octanol–water partition coefficient (Wildman–Crippen LogP) is 4.64. The molecule has 5 aromatic rings. The summed E-state index contributed by atoms with van der Waals surface area (Å²) in [7, 11) is 0. The van der Waals surface area contributed by atoms with E-state index in [0.29, 0.717) is 28.3 Å². The topological polar surface area (TPSA) is 106 Å². The maximum Gasteiger partial charge on any atom is 0.148 e. The summed E-state index contributed by atoms with van der Waals surface area (Å²) < 4.78 is 29.4. The molecular weight excluding hydrogens is 523 g/mol. The zero-order valence-corrected chi connectivity index (χ0v) is 22.9. The fourth-order valence-electron chi connectivity index (χ4n) is 6.02. The second-order valence-electron chi connectivity index (χ2n) is 10.8. The average Bonchev–Trinajstić information content (AvgIpc) is 3.55. The largest absolute Gasteiger partial charge is 0.484 e. The lowest BCUT2D eigenvalue weighted by molar-refractivity contribution is -0.0735. The molecule has 7 rings (SSSR count). The molecule has 1 atom stereocenters. The van der Waals surface area contributed by atoms with Crippen LogP contribution in [0.2, 0.25) is 0 Å². The van der Waals surface area contributed by atoms with Crippen LogP contribution < -0.4 is 4.74 Å². The van der Waals surface area contributed by atoms with E-state index in [4.69, 9.17) is 9.47 Å². The van der Waals surface area contributed by atoms with Crippen molar-refractivity contribution in [3.63, 3.8) is 0 Å². The standard InChI is InChI=1S/C30H29FN8O2/c1-18-29(35-36-39(18)24-5-7-37(8-6-24)25-16-40-17-25)21-10-28(30-22(11-32)13-34-38(30)15-21)41-19(2)27-14-33-12-20-9-23(31)3-4-26(20)27/h3-4,9-10,12-15,19,24-25H,5-8,16-17H2,1-2H3. The van der Waals surface area contributed by atoms with Gasteiger partial charge in [0.25, 0.3) is 0 Å². The number of nitriles is 1. The second kappa shape index (κ2) is 10.2. The molecule has 1 aromatic carbocycles. The number of likely N-dealkylation sites (tertiary alicyclic amines) is 1. The summed E-state index contributed by atoms with van der Waals surface area (Å²) in [6.45, 7) is 7.66. The first-order valence-electron chi connectivity index (χ1n) is 13.9. The third kappa shape index (κ3) is 4.49. The zero-order valence-electron chi connectivity index (χ0n) is 22.9. The normalized spacial score (nSPS) is 17.5. The number of fused-ring (bicyclic) bond motifs is 2. The maximum atomic E-state index is 13.8. The highest BCUT2D eigenvalue weighted by molar-refractivity contribution is 5.85. The van der Waals surface area contributed by atoms with Gasteiger partial charge in [-0.2, -0.15) is 10.4 Å². The quantitative estimate of drug-likeness (QED) is 0.300. The van der Waals surface area contributed by atoms with Crippen LogP contribution in [0.15, 0.2) is 49.1 Å². The van der Waals surface area contributed by atoms with Gasteiger partial charge in [-0.25, -0.2) is 13.6 Å². The third-order valence-electron chi connectivity index (χ3n) is 8.37. The van der Waals surface area contributed by atoms with Gasteiger partial charge in [-0.15, -0.1) is 5.10 Å². The van der Waals surface area contributed by atoms with Crippen LogP contribution in [-0.2, 0) is 4.74 Å². The minimum Gasteiger partial charge on any atom is -0.484 e. The van der Waals surface area contributed by atoms with E-state index in [1.165, 1.54) is 18.3 Å². The van der Waals surface area contributed by atoms with Gasteiger partial charge in [0.1, 0.15) is 40.5 Å². The number of nitrogens with zero attached hydrogens (tertiary/aromatic N) is 8. The molecule has 4 aromatic heterocycles. The first kappa shape index (κ1) is 25.6. The number of pyridine rings is 2. The van der Waals surface area contributed by atoms with Gasteiger partial charge in [0, 0.05) is 48.2 Å². The van der Waals surface area contributed by atoms with Crippen molar-refractivity contribution in [1.82, 2.24) is 34.5 Å². The maximum absolute atomic E-state index is 13.8. The Balaban J connectivity index is 1.22. The second-order valence-corrected chi connectivity index (χ2v) is 10.8. The van der Waals surface area contributed by atoms with Gasteiger partial charge in [0.15, 0.2) is 0 Å². The smallest absolute Gasteiger partial charge is 0.148 e. The van der Waals surface area contributed by atoms with Crippen molar-refractivity contribution in [2.24, 2.45) is 0 Å². The molecule has 208 valence electrons. The van der Waals surface area contributed by atoms with E-state index in [9.17, 15) is 9.65 Å². The molecular formula is C30H29FN8O2. The Bertz CT molecular complexity index is 1800. The summed E-state index contributed by atoms with van der Waals surface area (Å²) in [5.41, 5.74) is 4.29. The molecule has 0 bridgehead atoms. The number of hydrogen-bond donors (Lipinski definition) is 0. The highest BCUT2D eigenvalue weighted by Gasteiger charge is 2.31. The molecule has 1 unspecified atom stereocenters. The van der Waals surface area contributed by atoms with Crippen LogP contribution in [-0.4, -0.2) is 66.8 Å². The predicted molar refractivity (Wildman–Crippen MR) is 149 cm³/mol. The first-order valence-corrected chi connectivity index (χ1v) is 13.9. The van der Waals surface area contributed by atoms with Gasteiger partial charge in [-0.3, -0.25) is 9.88 Å². The Hall–Kier alpha value is -4.40. The molecule has 6 heterocycles. The van der Waals surface area contributed by atoms with Crippen LogP contribution in [0.5, 0.6) is 5.75 Å². The highest BCUT2D eigenvalue weighted by Crippen LogP contribution is 2.36. The van der Waals surface area contributed by atoms with Crippen LogP contribution in [0, 0.1) is 24.1 Å². The molecule has 0 spiro atoms. The van der Waals surface area contributed by atoms with Crippen LogP contribution in [0.3, 0.4) is 0 Å². The number of aromatic nitrogens is 6. The summed E-state index contributed by atoms with van der Waals surface area (Å²) in [4.78, 5) is 6.81. The van der Waals surface area contributed by atoms with Crippen molar-refractivity contribution in [2.75, 3.05) is 26.3 Å². The summed E-state index contributed by atoms with van der Waals surface area (Å²) in [6, 6.07) is 9.57. The van der Waals surface area contributed by atoms with E-state index in [1.54, 1.807) is 23.0 Å². The molecule has 41 heavy (non-hydrogen) atoms. The number of piperidine rings is 1. The van der Waals surface area contributed by atoms with Crippen LogP contribution >= 0.6 is 0 Å². The van der Waals surface area contributed by atoms with Gasteiger partial charge in [-0.05, 0) is 50.3 Å². The molecule has 0 aliphatic carbocycles. The van der Waals surface area contributed by atoms with Crippen LogP contribution in [0.4, 0.5) is 4.39 Å². The van der Waals surface area contributed by atoms with E-state index in [-0.39, 0.29) is 11.9 Å². The van der Waals surface area contributed by atoms with Gasteiger partial charge in [0.05, 0.1) is 37.2 Å². The molecule has 0 amide bonds. The zero-order chi connectivity index (χ0) is 28.1. The van der Waals surface area contributed by atoms with Gasteiger partial charge >= 0.3 is 0 Å². The number of benzene rings is 1. The first-order chi connectivity index (χ1) is 20.0. The third-order valence-corrected chi connectivity index (χ3v) is 8.37. The molecule has 2 aliphatic rings. The van der Waals surface area contributed by atoms with Crippen LogP contribution in [0.1, 0.15) is 48.7 Å². The molecule has 10 nitrogen and oxygen atoms in total. The number of rotatable bonds is 6. The van der Waals surface area contributed by atoms with E-state index in [1.807, 2.05) is 30.8 Å². The van der Waals surface area contributed by atoms with Gasteiger partial charge in [-0.1, -0.05) is 11.3 Å². The number of hydrogen-bond acceptors (Lipinski definition) is 8. The van der Waals surface area contributed by atoms with Crippen molar-refractivity contribution in [3.05, 3.63) is 71.7 Å². The van der Waals surface area contributed by atoms with Crippen molar-refractivity contribution in [2.45, 2.75) is 44.9 Å². The Morgan fingerprint density at radius 1 is 1.12 bits per heavy atom. The van der Waals surface area contributed by atoms with Crippen molar-refractivity contribution in [3.8, 4) is 23.1 Å². The lowest BCUT2D eigenvalue weighted by atomic mass is 10.0. The van der Waals surface area contributed by atoms with E-state index < -0.39 is 6.10 Å². The average molecular weight is 553 g/mol. The fraction of sp³-hybridized carbons (Fsp3) is 0.367. The van der Waals surface area contributed by atoms with E-state index in [0.717, 1.165) is 67.0 Å². The van der Waals surface area contributed by atoms with Crippen molar-refractivity contribution >= 4 is 16.3 Å². The van der Waals surface area contributed by atoms with E-state index in [2.05, 4.69) is 31.4 Å². The molecule has 0 saturated carbocycles. The van der Waals surface area contributed by atoms with Crippen molar-refractivity contribution in [1.29, 1.82) is 5.26 Å². The lowest BCUT2D eigenvalue weighted by Crippen LogP contribution is -2.52. The Morgan fingerprint density at radius 3 is 2.71 bits per heavy atom. The molecule has 0 radical (unpaired) electrons. The number of halogens is 1. The Labute approximate surface area is 235 Å². The lowest BCUT2D eigenvalue weighted by Gasteiger charge is -2.41. The van der Waals surface area contributed by atoms with Gasteiger partial charge in [0.2, 0.25) is 0 Å². The monoisotopic (exact) mass is 552 g/mol. The number of ether oxygens (including phenoxy) is 2. The molecule has 2 saturated heterocycles.